The molecule has 0 spiro atoms. The molecule has 0 saturated heterocycles. The first kappa shape index (κ1) is 18.8. The highest BCUT2D eigenvalue weighted by Crippen LogP contribution is 2.26. The summed E-state index contributed by atoms with van der Waals surface area (Å²) in [6.07, 6.45) is 1.39. The molecule has 8 heteroatoms. The number of carbonyl (C=O) groups excluding carboxylic acids is 2. The molecule has 0 aromatic heterocycles. The van der Waals surface area contributed by atoms with E-state index < -0.39 is 11.8 Å². The Morgan fingerprint density at radius 2 is 1.58 bits per heavy atom. The highest BCUT2D eigenvalue weighted by Gasteiger charge is 2.12. The minimum atomic E-state index is -0.891. The number of amides is 2. The molecule has 0 aliphatic carbocycles. The summed E-state index contributed by atoms with van der Waals surface area (Å²) in [7, 11) is 4.59. The Morgan fingerprint density at radius 3 is 2.19 bits per heavy atom. The molecule has 2 N–H and O–H groups in total. The molecule has 136 valence electrons. The molecule has 26 heavy (non-hydrogen) atoms. The van der Waals surface area contributed by atoms with Gasteiger partial charge in [0.1, 0.15) is 5.75 Å². The second-order valence-electron chi connectivity index (χ2n) is 5.00. The van der Waals surface area contributed by atoms with Gasteiger partial charge in [0.15, 0.2) is 11.5 Å². The maximum atomic E-state index is 11.8. The maximum absolute atomic E-state index is 11.8. The van der Waals surface area contributed by atoms with E-state index in [1.807, 2.05) is 0 Å². The maximum Gasteiger partial charge on any atom is 0.329 e. The molecule has 0 bridgehead atoms. The molecular formula is C18H19N3O5. The minimum absolute atomic E-state index is 0.467. The Bertz CT molecular complexity index is 803. The van der Waals surface area contributed by atoms with E-state index in [0.29, 0.717) is 28.5 Å². The predicted octanol–water partition coefficient (Wildman–Crippen LogP) is 1.80. The topological polar surface area (TPSA) is 98.2 Å². The zero-order chi connectivity index (χ0) is 18.9. The smallest absolute Gasteiger partial charge is 0.329 e. The molecule has 0 atom stereocenters. The van der Waals surface area contributed by atoms with Gasteiger partial charge in [-0.1, -0.05) is 0 Å². The van der Waals surface area contributed by atoms with Crippen LogP contribution in [0, 0.1) is 0 Å². The van der Waals surface area contributed by atoms with Crippen molar-refractivity contribution in [2.45, 2.75) is 0 Å². The fraction of sp³-hybridized carbons (Fsp3) is 0.167. The van der Waals surface area contributed by atoms with E-state index in [0.717, 1.165) is 0 Å². The number of hydrogen-bond acceptors (Lipinski definition) is 6. The predicted molar refractivity (Wildman–Crippen MR) is 96.9 cm³/mol. The van der Waals surface area contributed by atoms with E-state index in [2.05, 4.69) is 15.8 Å². The van der Waals surface area contributed by atoms with Crippen molar-refractivity contribution >= 4 is 23.7 Å². The zero-order valence-electron chi connectivity index (χ0n) is 14.6. The van der Waals surface area contributed by atoms with Gasteiger partial charge in [0.2, 0.25) is 0 Å². The molecule has 8 nitrogen and oxygen atoms in total. The van der Waals surface area contributed by atoms with E-state index in [-0.39, 0.29) is 0 Å². The third kappa shape index (κ3) is 4.97. The van der Waals surface area contributed by atoms with Crippen LogP contribution in [0.1, 0.15) is 5.56 Å². The monoisotopic (exact) mass is 357 g/mol. The van der Waals surface area contributed by atoms with Gasteiger partial charge in [0, 0.05) is 5.69 Å². The van der Waals surface area contributed by atoms with Crippen LogP contribution in [0.2, 0.25) is 0 Å². The van der Waals surface area contributed by atoms with Gasteiger partial charge in [-0.3, -0.25) is 9.59 Å². The van der Waals surface area contributed by atoms with Gasteiger partial charge in [-0.15, -0.1) is 0 Å². The molecular weight excluding hydrogens is 338 g/mol. The lowest BCUT2D eigenvalue weighted by atomic mass is 10.2. The van der Waals surface area contributed by atoms with E-state index in [4.69, 9.17) is 14.2 Å². The van der Waals surface area contributed by atoms with E-state index in [9.17, 15) is 9.59 Å². The van der Waals surface area contributed by atoms with Crippen molar-refractivity contribution in [3.63, 3.8) is 0 Å². The summed E-state index contributed by atoms with van der Waals surface area (Å²) in [6, 6.07) is 11.7. The van der Waals surface area contributed by atoms with Gasteiger partial charge in [0.05, 0.1) is 27.5 Å². The number of anilines is 1. The summed E-state index contributed by atoms with van der Waals surface area (Å²) in [5, 5.41) is 6.22. The minimum Gasteiger partial charge on any atom is -0.497 e. The van der Waals surface area contributed by atoms with Gasteiger partial charge < -0.3 is 19.5 Å². The van der Waals surface area contributed by atoms with E-state index in [1.54, 1.807) is 42.5 Å². The van der Waals surface area contributed by atoms with Crippen molar-refractivity contribution in [2.24, 2.45) is 5.10 Å². The number of carbonyl (C=O) groups is 2. The first-order valence-corrected chi connectivity index (χ1v) is 7.58. The fourth-order valence-electron chi connectivity index (χ4n) is 2.01. The molecule has 2 rings (SSSR count). The molecule has 0 fully saturated rings. The lowest BCUT2D eigenvalue weighted by Gasteiger charge is -2.07. The van der Waals surface area contributed by atoms with Crippen molar-refractivity contribution in [1.82, 2.24) is 5.43 Å². The van der Waals surface area contributed by atoms with Crippen LogP contribution in [-0.4, -0.2) is 39.4 Å². The number of benzene rings is 2. The number of methoxy groups -OCH3 is 3. The van der Waals surface area contributed by atoms with E-state index >= 15 is 0 Å². The average molecular weight is 357 g/mol. The number of nitrogens with one attached hydrogen (secondary N) is 2. The largest absolute Gasteiger partial charge is 0.497 e. The lowest BCUT2D eigenvalue weighted by Crippen LogP contribution is -2.32. The number of hydrazone groups is 1. The SMILES string of the molecule is COc1ccc(NC(=O)C(=O)N/N=C/c2ccc(OC)c(OC)c2)cc1. The van der Waals surface area contributed by atoms with Gasteiger partial charge in [0.25, 0.3) is 0 Å². The quantitative estimate of drug-likeness (QED) is 0.467. The summed E-state index contributed by atoms with van der Waals surface area (Å²) in [5.74, 6) is 0.0247. The molecule has 2 aromatic carbocycles. The standard InChI is InChI=1S/C18H19N3O5/c1-24-14-7-5-13(6-8-14)20-17(22)18(23)21-19-11-12-4-9-15(25-2)16(10-12)26-3/h4-11H,1-3H3,(H,20,22)(H,21,23)/b19-11+. The lowest BCUT2D eigenvalue weighted by molar-refractivity contribution is -0.136. The van der Waals surface area contributed by atoms with Gasteiger partial charge in [-0.25, -0.2) is 5.43 Å². The highest BCUT2D eigenvalue weighted by molar-refractivity contribution is 6.39. The number of hydrogen-bond donors (Lipinski definition) is 2. The highest BCUT2D eigenvalue weighted by atomic mass is 16.5. The summed E-state index contributed by atoms with van der Waals surface area (Å²) in [5.41, 5.74) is 3.29. The molecule has 0 unspecified atom stereocenters. The average Bonchev–Trinajstić information content (AvgIpc) is 2.68. The third-order valence-electron chi connectivity index (χ3n) is 3.34. The Kier molecular flexibility index (Phi) is 6.55. The van der Waals surface area contributed by atoms with Crippen LogP contribution in [-0.2, 0) is 9.59 Å². The number of ether oxygens (including phenoxy) is 3. The third-order valence-corrected chi connectivity index (χ3v) is 3.34. The molecule has 0 saturated carbocycles. The Hall–Kier alpha value is -3.55. The van der Waals surface area contributed by atoms with Crippen LogP contribution in [0.15, 0.2) is 47.6 Å². The van der Waals surface area contributed by atoms with Crippen LogP contribution in [0.25, 0.3) is 0 Å². The second kappa shape index (κ2) is 9.07. The molecule has 2 amide bonds. The first-order chi connectivity index (χ1) is 12.6. The molecule has 2 aromatic rings. The van der Waals surface area contributed by atoms with E-state index in [1.165, 1.54) is 27.5 Å². The molecule has 0 aliphatic heterocycles. The van der Waals surface area contributed by atoms with Crippen molar-refractivity contribution < 1.29 is 23.8 Å². The normalized spacial score (nSPS) is 10.3. The summed E-state index contributed by atoms with van der Waals surface area (Å²) in [6.45, 7) is 0. The Labute approximate surface area is 150 Å². The number of rotatable bonds is 6. The first-order valence-electron chi connectivity index (χ1n) is 7.58. The second-order valence-corrected chi connectivity index (χ2v) is 5.00. The van der Waals surface area contributed by atoms with Gasteiger partial charge >= 0.3 is 11.8 Å². The van der Waals surface area contributed by atoms with Gasteiger partial charge in [-0.05, 0) is 48.0 Å². The molecule has 0 heterocycles. The zero-order valence-corrected chi connectivity index (χ0v) is 14.6. The molecule has 0 radical (unpaired) electrons. The van der Waals surface area contributed by atoms with Crippen molar-refractivity contribution in [2.75, 3.05) is 26.6 Å². The van der Waals surface area contributed by atoms with Crippen LogP contribution in [0.3, 0.4) is 0 Å². The van der Waals surface area contributed by atoms with Crippen LogP contribution >= 0.6 is 0 Å². The van der Waals surface area contributed by atoms with Crippen LogP contribution < -0.4 is 25.0 Å². The Morgan fingerprint density at radius 1 is 0.885 bits per heavy atom. The van der Waals surface area contributed by atoms with Crippen LogP contribution in [0.5, 0.6) is 17.2 Å². The van der Waals surface area contributed by atoms with Crippen molar-refractivity contribution in [3.05, 3.63) is 48.0 Å². The van der Waals surface area contributed by atoms with Crippen LogP contribution in [0.4, 0.5) is 5.69 Å². The fourth-order valence-corrected chi connectivity index (χ4v) is 2.01. The summed E-state index contributed by atoms with van der Waals surface area (Å²) < 4.78 is 15.3. The van der Waals surface area contributed by atoms with Crippen molar-refractivity contribution in [1.29, 1.82) is 0 Å². The Balaban J connectivity index is 1.92. The van der Waals surface area contributed by atoms with Gasteiger partial charge in [-0.2, -0.15) is 5.10 Å². The summed E-state index contributed by atoms with van der Waals surface area (Å²) in [4.78, 5) is 23.6. The van der Waals surface area contributed by atoms with Crippen molar-refractivity contribution in [3.8, 4) is 17.2 Å². The summed E-state index contributed by atoms with van der Waals surface area (Å²) >= 11 is 0. The molecule has 0 aliphatic rings. The number of nitrogens with zero attached hydrogens (tertiary/aromatic N) is 1.